The number of allylic oxidation sites excluding steroid dienone is 4. The van der Waals surface area contributed by atoms with E-state index >= 15 is 0 Å². The van der Waals surface area contributed by atoms with Crippen LogP contribution < -0.4 is 5.32 Å². The Labute approximate surface area is 73.4 Å². The molecule has 0 amide bonds. The Morgan fingerprint density at radius 3 is 3.00 bits per heavy atom. The van der Waals surface area contributed by atoms with Gasteiger partial charge in [-0.05, 0) is 19.9 Å². The first-order valence-electron chi connectivity index (χ1n) is 4.10. The van der Waals surface area contributed by atoms with Crippen molar-refractivity contribution in [3.05, 3.63) is 36.2 Å². The molecule has 1 heterocycles. The van der Waals surface area contributed by atoms with Crippen LogP contribution >= 0.6 is 0 Å². The molecular weight excluding hydrogens is 148 g/mol. The van der Waals surface area contributed by atoms with Gasteiger partial charge in [0.2, 0.25) is 0 Å². The zero-order chi connectivity index (χ0) is 8.81. The Morgan fingerprint density at radius 2 is 2.33 bits per heavy atom. The topological polar surface area (TPSA) is 24.4 Å². The summed E-state index contributed by atoms with van der Waals surface area (Å²) in [4.78, 5) is 4.35. The van der Waals surface area contributed by atoms with Gasteiger partial charge in [-0.2, -0.15) is 0 Å². The fraction of sp³-hybridized carbons (Fsp3) is 0.300. The molecule has 0 radical (unpaired) electrons. The van der Waals surface area contributed by atoms with Gasteiger partial charge in [-0.1, -0.05) is 18.2 Å². The minimum Gasteiger partial charge on any atom is -0.384 e. The summed E-state index contributed by atoms with van der Waals surface area (Å²) in [5.74, 6) is 0. The summed E-state index contributed by atoms with van der Waals surface area (Å²) in [5.41, 5.74) is 2.11. The van der Waals surface area contributed by atoms with Gasteiger partial charge in [0.25, 0.3) is 0 Å². The zero-order valence-corrected chi connectivity index (χ0v) is 7.54. The van der Waals surface area contributed by atoms with Crippen LogP contribution in [-0.4, -0.2) is 12.3 Å². The molecule has 0 fully saturated rings. The van der Waals surface area contributed by atoms with E-state index in [0.29, 0.717) is 0 Å². The minimum atomic E-state index is 0.825. The number of rotatable bonds is 2. The Balaban J connectivity index is 2.58. The third-order valence-corrected chi connectivity index (χ3v) is 1.51. The van der Waals surface area contributed by atoms with Gasteiger partial charge in [0.1, 0.15) is 0 Å². The Hall–Kier alpha value is -1.31. The van der Waals surface area contributed by atoms with Crippen molar-refractivity contribution in [2.75, 3.05) is 6.54 Å². The summed E-state index contributed by atoms with van der Waals surface area (Å²) in [7, 11) is 0. The van der Waals surface area contributed by atoms with E-state index in [0.717, 1.165) is 18.0 Å². The van der Waals surface area contributed by atoms with Crippen molar-refractivity contribution in [2.45, 2.75) is 13.8 Å². The zero-order valence-electron chi connectivity index (χ0n) is 7.54. The predicted molar refractivity (Wildman–Crippen MR) is 53.1 cm³/mol. The maximum absolute atomic E-state index is 4.35. The van der Waals surface area contributed by atoms with E-state index in [1.165, 1.54) is 0 Å². The van der Waals surface area contributed by atoms with Crippen molar-refractivity contribution in [1.29, 1.82) is 0 Å². The standard InChI is InChI=1S/C10H14N2/c1-3-4-5-6-10-8-11-7-9(2)12-10/h3-7,11H,8H2,1-2H3/b4-3-,6-5-. The molecule has 1 aliphatic heterocycles. The second-order valence-electron chi connectivity index (χ2n) is 2.65. The van der Waals surface area contributed by atoms with E-state index < -0.39 is 0 Å². The lowest BCUT2D eigenvalue weighted by molar-refractivity contribution is 0.960. The molecule has 0 saturated carbocycles. The molecule has 0 unspecified atom stereocenters. The average Bonchev–Trinajstić information content (AvgIpc) is 2.05. The third kappa shape index (κ3) is 2.74. The molecule has 64 valence electrons. The Bertz CT molecular complexity index is 257. The smallest absolute Gasteiger partial charge is 0.0598 e. The Morgan fingerprint density at radius 1 is 1.50 bits per heavy atom. The van der Waals surface area contributed by atoms with E-state index in [1.807, 2.05) is 44.4 Å². The molecule has 0 aromatic heterocycles. The van der Waals surface area contributed by atoms with Gasteiger partial charge in [-0.15, -0.1) is 0 Å². The van der Waals surface area contributed by atoms with Crippen LogP contribution in [0.2, 0.25) is 0 Å². The van der Waals surface area contributed by atoms with Crippen LogP contribution in [0.15, 0.2) is 41.2 Å². The monoisotopic (exact) mass is 162 g/mol. The summed E-state index contributed by atoms with van der Waals surface area (Å²) < 4.78 is 0. The van der Waals surface area contributed by atoms with Crippen LogP contribution in [0.4, 0.5) is 0 Å². The van der Waals surface area contributed by atoms with Crippen LogP contribution in [-0.2, 0) is 0 Å². The van der Waals surface area contributed by atoms with Gasteiger partial charge in [-0.3, -0.25) is 4.99 Å². The van der Waals surface area contributed by atoms with Crippen LogP contribution in [0.25, 0.3) is 0 Å². The minimum absolute atomic E-state index is 0.825. The second kappa shape index (κ2) is 4.54. The van der Waals surface area contributed by atoms with Crippen LogP contribution in [0.3, 0.4) is 0 Å². The van der Waals surface area contributed by atoms with Crippen molar-refractivity contribution >= 4 is 5.71 Å². The highest BCUT2D eigenvalue weighted by Crippen LogP contribution is 1.99. The third-order valence-electron chi connectivity index (χ3n) is 1.51. The fourth-order valence-corrected chi connectivity index (χ4v) is 0.976. The van der Waals surface area contributed by atoms with Gasteiger partial charge >= 0.3 is 0 Å². The van der Waals surface area contributed by atoms with Crippen LogP contribution in [0, 0.1) is 0 Å². The molecule has 0 aromatic rings. The highest BCUT2D eigenvalue weighted by molar-refractivity contribution is 5.98. The summed E-state index contributed by atoms with van der Waals surface area (Å²) in [5, 5.41) is 3.14. The molecule has 1 N–H and O–H groups in total. The molecule has 0 bridgehead atoms. The highest BCUT2D eigenvalue weighted by Gasteiger charge is 1.97. The quantitative estimate of drug-likeness (QED) is 0.617. The van der Waals surface area contributed by atoms with E-state index in [9.17, 15) is 0 Å². The molecular formula is C10H14N2. The van der Waals surface area contributed by atoms with Gasteiger partial charge < -0.3 is 5.32 Å². The maximum Gasteiger partial charge on any atom is 0.0598 e. The molecule has 2 heteroatoms. The van der Waals surface area contributed by atoms with Gasteiger partial charge in [0, 0.05) is 6.20 Å². The molecule has 0 aliphatic carbocycles. The first kappa shape index (κ1) is 8.78. The number of nitrogens with one attached hydrogen (secondary N) is 1. The lowest BCUT2D eigenvalue weighted by Gasteiger charge is -2.08. The molecule has 0 spiro atoms. The lowest BCUT2D eigenvalue weighted by Crippen LogP contribution is -2.20. The van der Waals surface area contributed by atoms with E-state index in [-0.39, 0.29) is 0 Å². The largest absolute Gasteiger partial charge is 0.384 e. The Kier molecular flexibility index (Phi) is 3.33. The van der Waals surface area contributed by atoms with E-state index in [1.54, 1.807) is 0 Å². The average molecular weight is 162 g/mol. The molecule has 2 nitrogen and oxygen atoms in total. The van der Waals surface area contributed by atoms with Crippen molar-refractivity contribution in [1.82, 2.24) is 5.32 Å². The summed E-state index contributed by atoms with van der Waals surface area (Å²) in [6, 6.07) is 0. The van der Waals surface area contributed by atoms with Crippen molar-refractivity contribution in [3.63, 3.8) is 0 Å². The lowest BCUT2D eigenvalue weighted by atomic mass is 10.3. The molecule has 0 aromatic carbocycles. The van der Waals surface area contributed by atoms with Gasteiger partial charge in [0.05, 0.1) is 18.0 Å². The second-order valence-corrected chi connectivity index (χ2v) is 2.65. The van der Waals surface area contributed by atoms with Gasteiger partial charge in [0.15, 0.2) is 0 Å². The number of aliphatic imine (C=N–C) groups is 1. The maximum atomic E-state index is 4.35. The first-order valence-corrected chi connectivity index (χ1v) is 4.10. The molecule has 12 heavy (non-hydrogen) atoms. The summed E-state index contributed by atoms with van der Waals surface area (Å²) in [6.07, 6.45) is 9.93. The summed E-state index contributed by atoms with van der Waals surface area (Å²) in [6.45, 7) is 4.80. The van der Waals surface area contributed by atoms with Crippen molar-refractivity contribution in [2.24, 2.45) is 4.99 Å². The predicted octanol–water partition coefficient (Wildman–Crippen LogP) is 2.02. The molecule has 0 atom stereocenters. The van der Waals surface area contributed by atoms with Gasteiger partial charge in [-0.25, -0.2) is 0 Å². The van der Waals surface area contributed by atoms with E-state index in [4.69, 9.17) is 0 Å². The molecule has 1 rings (SSSR count). The van der Waals surface area contributed by atoms with Crippen LogP contribution in [0.5, 0.6) is 0 Å². The molecule has 0 saturated heterocycles. The SMILES string of the molecule is C/C=C\C=C/C1=NC(C)=CNC1. The highest BCUT2D eigenvalue weighted by atomic mass is 14.9. The number of hydrogen-bond acceptors (Lipinski definition) is 2. The fourth-order valence-electron chi connectivity index (χ4n) is 0.976. The van der Waals surface area contributed by atoms with Crippen LogP contribution in [0.1, 0.15) is 13.8 Å². The first-order chi connectivity index (χ1) is 5.83. The van der Waals surface area contributed by atoms with E-state index in [2.05, 4.69) is 10.3 Å². The van der Waals surface area contributed by atoms with Crippen molar-refractivity contribution in [3.8, 4) is 0 Å². The normalized spacial score (nSPS) is 17.8. The molecule has 1 aliphatic rings. The summed E-state index contributed by atoms with van der Waals surface area (Å²) >= 11 is 0. The number of nitrogens with zero attached hydrogens (tertiary/aromatic N) is 1. The number of hydrogen-bond donors (Lipinski definition) is 1. The van der Waals surface area contributed by atoms with Crippen molar-refractivity contribution < 1.29 is 0 Å².